The highest BCUT2D eigenvalue weighted by molar-refractivity contribution is 5.92. The molecular formula is C9H14N2O3. The maximum Gasteiger partial charge on any atom is 0.242 e. The van der Waals surface area contributed by atoms with Gasteiger partial charge in [0.05, 0.1) is 13.1 Å². The molecule has 0 aromatic carbocycles. The number of nitrogens with one attached hydrogen (secondary N) is 1. The average Bonchev–Trinajstić information content (AvgIpc) is 2.23. The van der Waals surface area contributed by atoms with E-state index in [2.05, 4.69) is 5.32 Å². The maximum absolute atomic E-state index is 11.5. The third kappa shape index (κ3) is 1.87. The van der Waals surface area contributed by atoms with E-state index in [1.54, 1.807) is 4.90 Å². The van der Waals surface area contributed by atoms with Gasteiger partial charge in [-0.15, -0.1) is 0 Å². The molecule has 2 saturated heterocycles. The summed E-state index contributed by atoms with van der Waals surface area (Å²) in [5.74, 6) is -0.0346. The number of nitrogens with zero attached hydrogens (tertiary/aromatic N) is 1. The summed E-state index contributed by atoms with van der Waals surface area (Å²) in [5, 5.41) is 2.54. The lowest BCUT2D eigenvalue weighted by molar-refractivity contribution is -0.144. The van der Waals surface area contributed by atoms with E-state index in [4.69, 9.17) is 4.74 Å². The zero-order valence-electron chi connectivity index (χ0n) is 7.99. The van der Waals surface area contributed by atoms with E-state index in [9.17, 15) is 9.59 Å². The topological polar surface area (TPSA) is 58.6 Å². The summed E-state index contributed by atoms with van der Waals surface area (Å²) in [6.07, 6.45) is 1.69. The van der Waals surface area contributed by atoms with Crippen molar-refractivity contribution in [1.82, 2.24) is 10.2 Å². The van der Waals surface area contributed by atoms with Crippen LogP contribution in [0, 0.1) is 0 Å². The maximum atomic E-state index is 11.5. The molecule has 0 atom stereocenters. The Morgan fingerprint density at radius 1 is 1.29 bits per heavy atom. The van der Waals surface area contributed by atoms with Gasteiger partial charge in [0.2, 0.25) is 11.8 Å². The molecule has 2 fully saturated rings. The molecule has 2 amide bonds. The Hall–Kier alpha value is -1.10. The third-order valence-corrected chi connectivity index (χ3v) is 2.70. The van der Waals surface area contributed by atoms with E-state index in [-0.39, 0.29) is 30.9 Å². The lowest BCUT2D eigenvalue weighted by atomic mass is 10.1. The zero-order valence-corrected chi connectivity index (χ0v) is 7.99. The fourth-order valence-electron chi connectivity index (χ4n) is 1.90. The standard InChI is InChI=1S/C9H14N2O3/c12-8-6-11(9(13)5-10-8)7-1-3-14-4-2-7/h7H,1-6H2,(H,10,12). The van der Waals surface area contributed by atoms with E-state index >= 15 is 0 Å². The number of carbonyl (C=O) groups is 2. The number of rotatable bonds is 1. The van der Waals surface area contributed by atoms with Gasteiger partial charge in [0, 0.05) is 19.3 Å². The second kappa shape index (κ2) is 3.96. The Balaban J connectivity index is 1.99. The van der Waals surface area contributed by atoms with Gasteiger partial charge in [-0.1, -0.05) is 0 Å². The number of carbonyl (C=O) groups excluding carboxylic acids is 2. The van der Waals surface area contributed by atoms with Crippen molar-refractivity contribution < 1.29 is 14.3 Å². The van der Waals surface area contributed by atoms with Crippen LogP contribution in [0.25, 0.3) is 0 Å². The van der Waals surface area contributed by atoms with Gasteiger partial charge in [-0.05, 0) is 12.8 Å². The molecular weight excluding hydrogens is 184 g/mol. The summed E-state index contributed by atoms with van der Waals surface area (Å²) in [7, 11) is 0. The highest BCUT2D eigenvalue weighted by atomic mass is 16.5. The number of amides is 2. The van der Waals surface area contributed by atoms with Gasteiger partial charge in [-0.25, -0.2) is 0 Å². The van der Waals surface area contributed by atoms with E-state index in [0.717, 1.165) is 12.8 Å². The highest BCUT2D eigenvalue weighted by Crippen LogP contribution is 2.15. The van der Waals surface area contributed by atoms with Crippen LogP contribution in [0.4, 0.5) is 0 Å². The molecule has 78 valence electrons. The summed E-state index contributed by atoms with van der Waals surface area (Å²) in [6, 6.07) is 0.197. The van der Waals surface area contributed by atoms with Gasteiger partial charge in [0.15, 0.2) is 0 Å². The van der Waals surface area contributed by atoms with Crippen LogP contribution >= 0.6 is 0 Å². The van der Waals surface area contributed by atoms with Gasteiger partial charge in [0.1, 0.15) is 0 Å². The molecule has 0 aliphatic carbocycles. The van der Waals surface area contributed by atoms with Crippen molar-refractivity contribution in [2.45, 2.75) is 18.9 Å². The molecule has 2 aliphatic heterocycles. The Kier molecular flexibility index (Phi) is 2.67. The molecule has 5 heteroatoms. The fraction of sp³-hybridized carbons (Fsp3) is 0.778. The minimum Gasteiger partial charge on any atom is -0.381 e. The number of ether oxygens (including phenoxy) is 1. The van der Waals surface area contributed by atoms with Crippen molar-refractivity contribution in [3.8, 4) is 0 Å². The zero-order chi connectivity index (χ0) is 9.97. The first kappa shape index (κ1) is 9.45. The van der Waals surface area contributed by atoms with Crippen LogP contribution in [0.15, 0.2) is 0 Å². The van der Waals surface area contributed by atoms with Crippen LogP contribution in [-0.2, 0) is 14.3 Å². The molecule has 14 heavy (non-hydrogen) atoms. The van der Waals surface area contributed by atoms with Crippen molar-refractivity contribution >= 4 is 11.8 Å². The smallest absolute Gasteiger partial charge is 0.242 e. The Morgan fingerprint density at radius 2 is 2.00 bits per heavy atom. The van der Waals surface area contributed by atoms with E-state index in [0.29, 0.717) is 13.2 Å². The highest BCUT2D eigenvalue weighted by Gasteiger charge is 2.30. The summed E-state index contributed by atoms with van der Waals surface area (Å²) >= 11 is 0. The molecule has 0 saturated carbocycles. The largest absolute Gasteiger partial charge is 0.381 e. The summed E-state index contributed by atoms with van der Waals surface area (Å²) in [6.45, 7) is 1.74. The predicted octanol–water partition coefficient (Wildman–Crippen LogP) is -0.876. The summed E-state index contributed by atoms with van der Waals surface area (Å²) in [5.41, 5.74) is 0. The molecule has 2 heterocycles. The first-order valence-electron chi connectivity index (χ1n) is 4.91. The first-order chi connectivity index (χ1) is 6.77. The number of piperazine rings is 1. The van der Waals surface area contributed by atoms with Crippen LogP contribution in [0.5, 0.6) is 0 Å². The SMILES string of the molecule is O=C1CN(C2CCOCC2)C(=O)CN1. The number of hydrogen-bond donors (Lipinski definition) is 1. The summed E-state index contributed by atoms with van der Waals surface area (Å²) in [4.78, 5) is 24.3. The average molecular weight is 198 g/mol. The van der Waals surface area contributed by atoms with Crippen molar-refractivity contribution in [2.24, 2.45) is 0 Å². The van der Waals surface area contributed by atoms with Crippen LogP contribution in [0.2, 0.25) is 0 Å². The quantitative estimate of drug-likeness (QED) is 0.595. The number of hydrogen-bond acceptors (Lipinski definition) is 3. The van der Waals surface area contributed by atoms with Crippen molar-refractivity contribution in [1.29, 1.82) is 0 Å². The second-order valence-electron chi connectivity index (χ2n) is 3.64. The van der Waals surface area contributed by atoms with Crippen LogP contribution in [0.3, 0.4) is 0 Å². The normalized spacial score (nSPS) is 25.0. The van der Waals surface area contributed by atoms with Gasteiger partial charge in [-0.3, -0.25) is 9.59 Å². The molecule has 2 aliphatic rings. The first-order valence-corrected chi connectivity index (χ1v) is 4.91. The van der Waals surface area contributed by atoms with E-state index in [1.165, 1.54) is 0 Å². The molecule has 1 N–H and O–H groups in total. The molecule has 0 radical (unpaired) electrons. The van der Waals surface area contributed by atoms with Gasteiger partial charge >= 0.3 is 0 Å². The molecule has 0 bridgehead atoms. The molecule has 0 aromatic heterocycles. The van der Waals surface area contributed by atoms with Crippen LogP contribution in [0.1, 0.15) is 12.8 Å². The lowest BCUT2D eigenvalue weighted by Gasteiger charge is -2.36. The minimum atomic E-state index is -0.0592. The van der Waals surface area contributed by atoms with Gasteiger partial charge in [-0.2, -0.15) is 0 Å². The molecule has 2 rings (SSSR count). The third-order valence-electron chi connectivity index (χ3n) is 2.70. The molecule has 0 unspecified atom stereocenters. The molecule has 5 nitrogen and oxygen atoms in total. The minimum absolute atomic E-state index is 0.0245. The van der Waals surface area contributed by atoms with Crippen LogP contribution in [-0.4, -0.2) is 49.1 Å². The Morgan fingerprint density at radius 3 is 2.71 bits per heavy atom. The Bertz CT molecular complexity index is 248. The van der Waals surface area contributed by atoms with Crippen molar-refractivity contribution in [3.63, 3.8) is 0 Å². The van der Waals surface area contributed by atoms with E-state index in [1.807, 2.05) is 0 Å². The van der Waals surface area contributed by atoms with Crippen molar-refractivity contribution in [3.05, 3.63) is 0 Å². The fourth-order valence-corrected chi connectivity index (χ4v) is 1.90. The van der Waals surface area contributed by atoms with E-state index < -0.39 is 0 Å². The second-order valence-corrected chi connectivity index (χ2v) is 3.64. The lowest BCUT2D eigenvalue weighted by Crippen LogP contribution is -2.56. The monoisotopic (exact) mass is 198 g/mol. The molecule has 0 spiro atoms. The summed E-state index contributed by atoms with van der Waals surface area (Å²) < 4.78 is 5.21. The Labute approximate surface area is 82.4 Å². The predicted molar refractivity (Wildman–Crippen MR) is 48.6 cm³/mol. The van der Waals surface area contributed by atoms with Gasteiger partial charge < -0.3 is 15.0 Å². The van der Waals surface area contributed by atoms with Gasteiger partial charge in [0.25, 0.3) is 0 Å². The van der Waals surface area contributed by atoms with Crippen LogP contribution < -0.4 is 5.32 Å². The van der Waals surface area contributed by atoms with Crippen molar-refractivity contribution in [2.75, 3.05) is 26.3 Å². The molecule has 0 aromatic rings.